The lowest BCUT2D eigenvalue weighted by Crippen LogP contribution is -2.26. The summed E-state index contributed by atoms with van der Waals surface area (Å²) in [4.78, 5) is 4.96. The predicted molar refractivity (Wildman–Crippen MR) is 265 cm³/mol. The third-order valence-electron chi connectivity index (χ3n) is 13.6. The van der Waals surface area contributed by atoms with Crippen molar-refractivity contribution in [3.8, 4) is 22.3 Å². The third kappa shape index (κ3) is 5.13. The van der Waals surface area contributed by atoms with E-state index in [-0.39, 0.29) is 0 Å². The molecule has 2 aliphatic carbocycles. The maximum absolute atomic E-state index is 2.50. The second-order valence-electron chi connectivity index (χ2n) is 16.8. The molecule has 0 radical (unpaired) electrons. The van der Waals surface area contributed by atoms with Gasteiger partial charge in [0.2, 0.25) is 0 Å². The van der Waals surface area contributed by atoms with E-state index in [1.54, 1.807) is 0 Å². The van der Waals surface area contributed by atoms with Gasteiger partial charge in [0.1, 0.15) is 0 Å². The van der Waals surface area contributed by atoms with Crippen LogP contribution >= 0.6 is 0 Å². The van der Waals surface area contributed by atoms with E-state index >= 15 is 0 Å². The average molecular weight is 801 g/mol. The van der Waals surface area contributed by atoms with E-state index in [0.29, 0.717) is 0 Å². The molecular formula is C61H40N2. The quantitative estimate of drug-likeness (QED) is 0.155. The molecule has 2 aliphatic rings. The van der Waals surface area contributed by atoms with Crippen LogP contribution in [-0.2, 0) is 5.41 Å². The minimum atomic E-state index is -0.571. The minimum Gasteiger partial charge on any atom is -0.310 e. The van der Waals surface area contributed by atoms with Crippen molar-refractivity contribution < 1.29 is 0 Å². The first-order valence-electron chi connectivity index (χ1n) is 21.9. The molecule has 0 N–H and O–H groups in total. The van der Waals surface area contributed by atoms with Gasteiger partial charge in [-0.25, -0.2) is 0 Å². The number of rotatable bonds is 6. The summed E-state index contributed by atoms with van der Waals surface area (Å²) in [6, 6.07) is 89.7. The van der Waals surface area contributed by atoms with E-state index in [4.69, 9.17) is 0 Å². The standard InChI is InChI=1S/C61H40N2/c1-3-22-43(23-4-1)62(59-39-42-20-8-9-26-46(42)48-28-11-12-30-51(48)59)45-37-38-50-49-29-13-15-32-53(49)61(56(50)40-45)54-33-16-14-31-52(54)60-55(61)34-18-36-58(60)63(44-24-5-2-6-25-44)57-35-17-21-41-19-7-10-27-47(41)57/h1-40H. The van der Waals surface area contributed by atoms with Gasteiger partial charge < -0.3 is 9.80 Å². The zero-order valence-corrected chi connectivity index (χ0v) is 34.5. The van der Waals surface area contributed by atoms with Crippen LogP contribution in [0.15, 0.2) is 243 Å². The molecule has 0 heterocycles. The van der Waals surface area contributed by atoms with Gasteiger partial charge in [0.15, 0.2) is 0 Å². The van der Waals surface area contributed by atoms with Crippen molar-refractivity contribution in [2.24, 2.45) is 0 Å². The van der Waals surface area contributed by atoms with Crippen LogP contribution in [-0.4, -0.2) is 0 Å². The molecule has 13 rings (SSSR count). The molecule has 11 aromatic rings. The highest BCUT2D eigenvalue weighted by atomic mass is 15.2. The summed E-state index contributed by atoms with van der Waals surface area (Å²) in [5.41, 5.74) is 16.6. The van der Waals surface area contributed by atoms with Gasteiger partial charge in [0.05, 0.1) is 22.5 Å². The van der Waals surface area contributed by atoms with Crippen molar-refractivity contribution in [1.29, 1.82) is 0 Å². The highest BCUT2D eigenvalue weighted by molar-refractivity contribution is 6.15. The normalized spacial score (nSPS) is 14.4. The minimum absolute atomic E-state index is 0.571. The number of fused-ring (bicyclic) bond motifs is 14. The molecule has 1 spiro atoms. The van der Waals surface area contributed by atoms with Crippen LogP contribution in [0, 0.1) is 0 Å². The maximum atomic E-state index is 2.50. The highest BCUT2D eigenvalue weighted by Crippen LogP contribution is 2.65. The van der Waals surface area contributed by atoms with Gasteiger partial charge in [-0.15, -0.1) is 0 Å². The summed E-state index contributed by atoms with van der Waals surface area (Å²) < 4.78 is 0. The Morgan fingerprint density at radius 3 is 1.56 bits per heavy atom. The van der Waals surface area contributed by atoms with E-state index in [1.807, 2.05) is 0 Å². The topological polar surface area (TPSA) is 6.48 Å². The highest BCUT2D eigenvalue weighted by Gasteiger charge is 2.52. The lowest BCUT2D eigenvalue weighted by molar-refractivity contribution is 0.793. The summed E-state index contributed by atoms with van der Waals surface area (Å²) >= 11 is 0. The van der Waals surface area contributed by atoms with Crippen molar-refractivity contribution in [3.63, 3.8) is 0 Å². The molecule has 1 unspecified atom stereocenters. The van der Waals surface area contributed by atoms with Gasteiger partial charge >= 0.3 is 0 Å². The van der Waals surface area contributed by atoms with Crippen LogP contribution in [0.1, 0.15) is 22.3 Å². The van der Waals surface area contributed by atoms with Gasteiger partial charge in [-0.1, -0.05) is 188 Å². The largest absolute Gasteiger partial charge is 0.310 e. The van der Waals surface area contributed by atoms with Gasteiger partial charge in [0.25, 0.3) is 0 Å². The van der Waals surface area contributed by atoms with E-state index in [2.05, 4.69) is 252 Å². The van der Waals surface area contributed by atoms with Crippen molar-refractivity contribution in [2.75, 3.05) is 9.80 Å². The molecule has 0 saturated heterocycles. The lowest BCUT2D eigenvalue weighted by atomic mass is 9.70. The van der Waals surface area contributed by atoms with Crippen LogP contribution < -0.4 is 9.80 Å². The average Bonchev–Trinajstić information content (AvgIpc) is 3.82. The van der Waals surface area contributed by atoms with Crippen molar-refractivity contribution in [3.05, 3.63) is 265 Å². The number of hydrogen-bond donors (Lipinski definition) is 0. The monoisotopic (exact) mass is 800 g/mol. The fourth-order valence-corrected chi connectivity index (χ4v) is 11.1. The van der Waals surface area contributed by atoms with E-state index in [1.165, 1.54) is 76.8 Å². The first-order valence-corrected chi connectivity index (χ1v) is 21.9. The summed E-state index contributed by atoms with van der Waals surface area (Å²) in [5.74, 6) is 0. The molecule has 0 amide bonds. The Morgan fingerprint density at radius 1 is 0.254 bits per heavy atom. The number of nitrogens with zero attached hydrogens (tertiary/aromatic N) is 2. The molecular weight excluding hydrogens is 761 g/mol. The summed E-state index contributed by atoms with van der Waals surface area (Å²) in [5, 5.41) is 7.37. The second kappa shape index (κ2) is 13.9. The van der Waals surface area contributed by atoms with Gasteiger partial charge in [-0.05, 0) is 115 Å². The summed E-state index contributed by atoms with van der Waals surface area (Å²) in [7, 11) is 0. The SMILES string of the molecule is c1ccc(N(c2cccc3c2-c2ccccc2C32c3ccccc3-c3ccc(N(c4ccccc4)c4cc5ccccc5c5ccccc45)cc32)c2cccc3ccccc23)cc1. The lowest BCUT2D eigenvalue weighted by Gasteiger charge is -2.33. The molecule has 2 nitrogen and oxygen atoms in total. The van der Waals surface area contributed by atoms with Crippen LogP contribution in [0.2, 0.25) is 0 Å². The predicted octanol–water partition coefficient (Wildman–Crippen LogP) is 16.4. The van der Waals surface area contributed by atoms with Crippen LogP contribution in [0.3, 0.4) is 0 Å². The van der Waals surface area contributed by atoms with Crippen molar-refractivity contribution in [2.45, 2.75) is 5.41 Å². The zero-order chi connectivity index (χ0) is 41.5. The van der Waals surface area contributed by atoms with Crippen LogP contribution in [0.4, 0.5) is 34.1 Å². The molecule has 0 aliphatic heterocycles. The second-order valence-corrected chi connectivity index (χ2v) is 16.8. The zero-order valence-electron chi connectivity index (χ0n) is 34.5. The molecule has 0 bridgehead atoms. The van der Waals surface area contributed by atoms with E-state index in [9.17, 15) is 0 Å². The van der Waals surface area contributed by atoms with Crippen molar-refractivity contribution >= 4 is 66.4 Å². The molecule has 294 valence electrons. The molecule has 0 aromatic heterocycles. The summed E-state index contributed by atoms with van der Waals surface area (Å²) in [6.45, 7) is 0. The number of benzene rings is 11. The Labute approximate surface area is 367 Å². The Kier molecular flexibility index (Phi) is 7.85. The Balaban J connectivity index is 1.10. The number of hydrogen-bond acceptors (Lipinski definition) is 2. The Bertz CT molecular complexity index is 3590. The first kappa shape index (κ1) is 35.5. The number of para-hydroxylation sites is 2. The van der Waals surface area contributed by atoms with Crippen LogP contribution in [0.25, 0.3) is 54.6 Å². The molecule has 2 heteroatoms. The Morgan fingerprint density at radius 2 is 0.778 bits per heavy atom. The van der Waals surface area contributed by atoms with E-state index < -0.39 is 5.41 Å². The van der Waals surface area contributed by atoms with Gasteiger partial charge in [-0.2, -0.15) is 0 Å². The van der Waals surface area contributed by atoms with Crippen molar-refractivity contribution in [1.82, 2.24) is 0 Å². The fourth-order valence-electron chi connectivity index (χ4n) is 11.1. The Hall–Kier alpha value is -8.20. The molecule has 0 saturated carbocycles. The van der Waals surface area contributed by atoms with Gasteiger partial charge in [-0.3, -0.25) is 0 Å². The number of anilines is 6. The molecule has 11 aromatic carbocycles. The third-order valence-corrected chi connectivity index (χ3v) is 13.6. The van der Waals surface area contributed by atoms with Gasteiger partial charge in [0, 0.05) is 33.4 Å². The van der Waals surface area contributed by atoms with Crippen LogP contribution in [0.5, 0.6) is 0 Å². The molecule has 63 heavy (non-hydrogen) atoms. The first-order chi connectivity index (χ1) is 31.3. The smallest absolute Gasteiger partial charge is 0.0727 e. The summed E-state index contributed by atoms with van der Waals surface area (Å²) in [6.07, 6.45) is 0. The molecule has 1 atom stereocenters. The fraction of sp³-hybridized carbons (Fsp3) is 0.0164. The molecule has 0 fully saturated rings. The maximum Gasteiger partial charge on any atom is 0.0727 e. The van der Waals surface area contributed by atoms with E-state index in [0.717, 1.165) is 34.1 Å².